The molecular weight excluding hydrogens is 358 g/mol. The van der Waals surface area contributed by atoms with Gasteiger partial charge in [-0.25, -0.2) is 4.98 Å². The van der Waals surface area contributed by atoms with Crippen LogP contribution in [-0.2, 0) is 17.6 Å². The Bertz CT molecular complexity index is 825. The number of primary amides is 1. The second-order valence-electron chi connectivity index (χ2n) is 6.39. The predicted molar refractivity (Wildman–Crippen MR) is 97.2 cm³/mol. The molecule has 4 rings (SSSR count). The molecule has 0 atom stereocenters. The first-order chi connectivity index (χ1) is 12.1. The molecule has 25 heavy (non-hydrogen) atoms. The number of rotatable bonds is 6. The van der Waals surface area contributed by atoms with E-state index in [0.717, 1.165) is 49.9 Å². The zero-order valence-corrected chi connectivity index (χ0v) is 15.3. The predicted octanol–water partition coefficient (Wildman–Crippen LogP) is 2.45. The monoisotopic (exact) mass is 377 g/mol. The van der Waals surface area contributed by atoms with Crippen LogP contribution in [0.2, 0.25) is 0 Å². The van der Waals surface area contributed by atoms with Crippen LogP contribution in [0.25, 0.3) is 0 Å². The summed E-state index contributed by atoms with van der Waals surface area (Å²) < 4.78 is 0. The number of aromatic amines is 1. The van der Waals surface area contributed by atoms with Gasteiger partial charge in [0.1, 0.15) is 10.8 Å². The van der Waals surface area contributed by atoms with E-state index in [1.165, 1.54) is 28.0 Å². The fourth-order valence-electron chi connectivity index (χ4n) is 3.07. The number of carbonyl (C=O) groups excluding carboxylic acids is 2. The van der Waals surface area contributed by atoms with Gasteiger partial charge < -0.3 is 11.1 Å². The lowest BCUT2D eigenvalue weighted by molar-refractivity contribution is -0.113. The van der Waals surface area contributed by atoms with Crippen LogP contribution < -0.4 is 11.1 Å². The lowest BCUT2D eigenvalue weighted by Crippen LogP contribution is -2.19. The average molecular weight is 377 g/mol. The standard InChI is InChI=1S/C16H19N5O2S2/c17-13(23)12-9-3-1-2-4-10(9)25-15(12)18-11(22)7-24-16-19-14(20-21-16)8-5-6-8/h8H,1-7H2,(H2,17,23)(H,18,22)(H,19,20,21). The Morgan fingerprint density at radius 3 is 2.88 bits per heavy atom. The second kappa shape index (κ2) is 6.80. The van der Waals surface area contributed by atoms with Gasteiger partial charge in [0.2, 0.25) is 11.1 Å². The topological polar surface area (TPSA) is 114 Å². The molecule has 2 amide bonds. The van der Waals surface area contributed by atoms with E-state index >= 15 is 0 Å². The maximum atomic E-state index is 12.3. The van der Waals surface area contributed by atoms with Crippen molar-refractivity contribution >= 4 is 39.9 Å². The van der Waals surface area contributed by atoms with E-state index in [-0.39, 0.29) is 11.7 Å². The molecule has 1 saturated carbocycles. The van der Waals surface area contributed by atoms with Gasteiger partial charge in [0.25, 0.3) is 5.91 Å². The first kappa shape index (κ1) is 16.6. The van der Waals surface area contributed by atoms with Gasteiger partial charge in [0.15, 0.2) is 0 Å². The molecule has 2 aliphatic rings. The van der Waals surface area contributed by atoms with Crippen LogP contribution in [0.4, 0.5) is 5.00 Å². The number of carbonyl (C=O) groups is 2. The van der Waals surface area contributed by atoms with E-state index in [1.807, 2.05) is 0 Å². The number of hydrogen-bond donors (Lipinski definition) is 3. The van der Waals surface area contributed by atoms with Crippen molar-refractivity contribution < 1.29 is 9.59 Å². The number of anilines is 1. The van der Waals surface area contributed by atoms with Crippen molar-refractivity contribution in [3.8, 4) is 0 Å². The van der Waals surface area contributed by atoms with Crippen molar-refractivity contribution in [2.75, 3.05) is 11.1 Å². The Labute approximate surface area is 153 Å². The normalized spacial score (nSPS) is 16.5. The highest BCUT2D eigenvalue weighted by Crippen LogP contribution is 2.39. The number of hydrogen-bond acceptors (Lipinski definition) is 6. The minimum Gasteiger partial charge on any atom is -0.365 e. The fourth-order valence-corrected chi connectivity index (χ4v) is 4.99. The number of aryl methyl sites for hydroxylation is 1. The van der Waals surface area contributed by atoms with Gasteiger partial charge in [0, 0.05) is 10.8 Å². The maximum absolute atomic E-state index is 12.3. The summed E-state index contributed by atoms with van der Waals surface area (Å²) in [5.74, 6) is 0.966. The molecule has 9 heteroatoms. The molecule has 7 nitrogen and oxygen atoms in total. The number of thiophene rings is 1. The summed E-state index contributed by atoms with van der Waals surface area (Å²) in [5, 5.41) is 11.1. The highest BCUT2D eigenvalue weighted by atomic mass is 32.2. The van der Waals surface area contributed by atoms with Crippen LogP contribution in [-0.4, -0.2) is 32.7 Å². The highest BCUT2D eigenvalue weighted by Gasteiger charge is 2.27. The third-order valence-electron chi connectivity index (χ3n) is 4.45. The SMILES string of the molecule is NC(=O)c1c(NC(=O)CSc2n[nH]c(C3CC3)n2)sc2c1CCCC2. The van der Waals surface area contributed by atoms with Crippen molar-refractivity contribution in [1.82, 2.24) is 15.2 Å². The zero-order chi connectivity index (χ0) is 17.4. The van der Waals surface area contributed by atoms with Crippen molar-refractivity contribution in [3.63, 3.8) is 0 Å². The molecule has 2 aromatic heterocycles. The number of thioether (sulfide) groups is 1. The van der Waals surface area contributed by atoms with Crippen LogP contribution in [0.3, 0.4) is 0 Å². The van der Waals surface area contributed by atoms with Crippen LogP contribution in [0.15, 0.2) is 5.16 Å². The van der Waals surface area contributed by atoms with E-state index in [9.17, 15) is 9.59 Å². The second-order valence-corrected chi connectivity index (χ2v) is 8.44. The van der Waals surface area contributed by atoms with Crippen molar-refractivity contribution in [2.45, 2.75) is 49.6 Å². The van der Waals surface area contributed by atoms with E-state index in [2.05, 4.69) is 20.5 Å². The van der Waals surface area contributed by atoms with Gasteiger partial charge in [-0.3, -0.25) is 14.7 Å². The molecule has 0 bridgehead atoms. The first-order valence-electron chi connectivity index (χ1n) is 8.41. The van der Waals surface area contributed by atoms with Gasteiger partial charge in [0.05, 0.1) is 11.3 Å². The van der Waals surface area contributed by atoms with E-state index in [4.69, 9.17) is 5.73 Å². The summed E-state index contributed by atoms with van der Waals surface area (Å²) in [4.78, 5) is 29.7. The average Bonchev–Trinajstić information content (AvgIpc) is 3.21. The van der Waals surface area contributed by atoms with Gasteiger partial charge >= 0.3 is 0 Å². The molecule has 0 radical (unpaired) electrons. The van der Waals surface area contributed by atoms with Crippen LogP contribution in [0, 0.1) is 0 Å². The van der Waals surface area contributed by atoms with E-state index in [0.29, 0.717) is 21.6 Å². The molecule has 4 N–H and O–H groups in total. The van der Waals surface area contributed by atoms with Gasteiger partial charge in [-0.2, -0.15) is 0 Å². The number of amides is 2. The number of fused-ring (bicyclic) bond motifs is 1. The van der Waals surface area contributed by atoms with Crippen LogP contribution >= 0.6 is 23.1 Å². The van der Waals surface area contributed by atoms with Crippen molar-refractivity contribution in [2.24, 2.45) is 5.73 Å². The summed E-state index contributed by atoms with van der Waals surface area (Å²) in [6, 6.07) is 0. The highest BCUT2D eigenvalue weighted by molar-refractivity contribution is 7.99. The van der Waals surface area contributed by atoms with Crippen LogP contribution in [0.5, 0.6) is 0 Å². The number of aromatic nitrogens is 3. The molecule has 0 aliphatic heterocycles. The molecule has 2 aromatic rings. The molecule has 0 unspecified atom stereocenters. The summed E-state index contributed by atoms with van der Waals surface area (Å²) in [6.45, 7) is 0. The number of nitrogens with two attached hydrogens (primary N) is 1. The van der Waals surface area contributed by atoms with Gasteiger partial charge in [-0.15, -0.1) is 16.4 Å². The van der Waals surface area contributed by atoms with Crippen molar-refractivity contribution in [1.29, 1.82) is 0 Å². The molecule has 132 valence electrons. The molecule has 0 saturated heterocycles. The lowest BCUT2D eigenvalue weighted by Gasteiger charge is -2.11. The maximum Gasteiger partial charge on any atom is 0.251 e. The minimum atomic E-state index is -0.467. The van der Waals surface area contributed by atoms with E-state index in [1.54, 1.807) is 0 Å². The molecule has 2 heterocycles. The summed E-state index contributed by atoms with van der Waals surface area (Å²) in [6.07, 6.45) is 6.28. The number of nitrogens with zero attached hydrogens (tertiary/aromatic N) is 2. The molecule has 1 fully saturated rings. The molecule has 0 spiro atoms. The summed E-state index contributed by atoms with van der Waals surface area (Å²) >= 11 is 2.76. The summed E-state index contributed by atoms with van der Waals surface area (Å²) in [5.41, 5.74) is 7.06. The van der Waals surface area contributed by atoms with E-state index < -0.39 is 5.91 Å². The number of H-pyrrole nitrogens is 1. The number of nitrogens with one attached hydrogen (secondary N) is 2. The smallest absolute Gasteiger partial charge is 0.251 e. The Morgan fingerprint density at radius 1 is 1.32 bits per heavy atom. The molecule has 0 aromatic carbocycles. The largest absolute Gasteiger partial charge is 0.365 e. The zero-order valence-electron chi connectivity index (χ0n) is 13.6. The van der Waals surface area contributed by atoms with Crippen molar-refractivity contribution in [3.05, 3.63) is 21.8 Å². The Morgan fingerprint density at radius 2 is 2.12 bits per heavy atom. The molecular formula is C16H19N5O2S2. The minimum absolute atomic E-state index is 0.177. The Balaban J connectivity index is 1.41. The third kappa shape index (κ3) is 3.57. The fraction of sp³-hybridized carbons (Fsp3) is 0.500. The quantitative estimate of drug-likeness (QED) is 0.669. The Kier molecular flexibility index (Phi) is 4.51. The van der Waals surface area contributed by atoms with Crippen LogP contribution in [0.1, 0.15) is 58.2 Å². The summed E-state index contributed by atoms with van der Waals surface area (Å²) in [7, 11) is 0. The Hall–Kier alpha value is -1.87. The first-order valence-corrected chi connectivity index (χ1v) is 10.2. The van der Waals surface area contributed by atoms with Gasteiger partial charge in [-0.1, -0.05) is 11.8 Å². The lowest BCUT2D eigenvalue weighted by atomic mass is 9.95. The van der Waals surface area contributed by atoms with Gasteiger partial charge in [-0.05, 0) is 44.1 Å². The molecule has 2 aliphatic carbocycles. The third-order valence-corrected chi connectivity index (χ3v) is 6.50.